The number of fused-ring (bicyclic) bond motifs is 1. The number of nitrogens with zero attached hydrogens (tertiary/aromatic N) is 2. The van der Waals surface area contributed by atoms with Crippen LogP contribution in [0.4, 0.5) is 5.69 Å². The summed E-state index contributed by atoms with van der Waals surface area (Å²) in [5.41, 5.74) is 5.99. The molecule has 0 unspecified atom stereocenters. The number of benzene rings is 2. The Morgan fingerprint density at radius 1 is 1.00 bits per heavy atom. The van der Waals surface area contributed by atoms with Gasteiger partial charge in [-0.3, -0.25) is 9.59 Å². The molecule has 1 heterocycles. The lowest BCUT2D eigenvalue weighted by molar-refractivity contribution is 0.102. The van der Waals surface area contributed by atoms with Crippen LogP contribution in [0.2, 0.25) is 0 Å². The van der Waals surface area contributed by atoms with Crippen LogP contribution in [0.1, 0.15) is 39.7 Å². The smallest absolute Gasteiger partial charge is 0.282 e. The number of carbonyl (C=O) groups is 1. The van der Waals surface area contributed by atoms with Gasteiger partial charge in [0, 0.05) is 12.2 Å². The molecule has 0 saturated heterocycles. The molecule has 0 aliphatic heterocycles. The quantitative estimate of drug-likeness (QED) is 0.780. The highest BCUT2D eigenvalue weighted by atomic mass is 16.2. The van der Waals surface area contributed by atoms with Gasteiger partial charge in [-0.15, -0.1) is 0 Å². The van der Waals surface area contributed by atoms with Gasteiger partial charge in [0.25, 0.3) is 11.5 Å². The Labute approximate surface area is 152 Å². The molecule has 134 valence electrons. The molecule has 0 atom stereocenters. The minimum Gasteiger partial charge on any atom is -0.320 e. The molecule has 2 aromatic carbocycles. The van der Waals surface area contributed by atoms with Crippen LogP contribution in [0.15, 0.2) is 35.1 Å². The monoisotopic (exact) mass is 349 g/mol. The lowest BCUT2D eigenvalue weighted by atomic mass is 10.1. The lowest BCUT2D eigenvalue weighted by Crippen LogP contribution is -2.31. The van der Waals surface area contributed by atoms with Crippen LogP contribution in [-0.2, 0) is 6.54 Å². The minimum atomic E-state index is -0.486. The van der Waals surface area contributed by atoms with E-state index in [0.29, 0.717) is 17.7 Å². The van der Waals surface area contributed by atoms with Crippen LogP contribution in [0.25, 0.3) is 11.0 Å². The van der Waals surface area contributed by atoms with Crippen LogP contribution >= 0.6 is 0 Å². The van der Waals surface area contributed by atoms with E-state index in [1.807, 2.05) is 65.0 Å². The second kappa shape index (κ2) is 6.75. The van der Waals surface area contributed by atoms with Crippen LogP contribution in [0.5, 0.6) is 0 Å². The molecular formula is C21H23N3O2. The predicted octanol–water partition coefficient (Wildman–Crippen LogP) is 3.90. The zero-order valence-electron chi connectivity index (χ0n) is 15.8. The Balaban J connectivity index is 2.10. The summed E-state index contributed by atoms with van der Waals surface area (Å²) in [6.45, 7) is 10.3. The summed E-state index contributed by atoms with van der Waals surface area (Å²) in [7, 11) is 0. The number of aryl methyl sites for hydroxylation is 5. The van der Waals surface area contributed by atoms with Gasteiger partial charge in [-0.05, 0) is 81.1 Å². The minimum absolute atomic E-state index is 0.0826. The summed E-state index contributed by atoms with van der Waals surface area (Å²) in [4.78, 5) is 29.9. The number of rotatable bonds is 3. The van der Waals surface area contributed by atoms with Crippen molar-refractivity contribution < 1.29 is 4.79 Å². The lowest BCUT2D eigenvalue weighted by Gasteiger charge is -2.13. The second-order valence-electron chi connectivity index (χ2n) is 6.69. The Hall–Kier alpha value is -2.95. The molecule has 0 saturated carbocycles. The van der Waals surface area contributed by atoms with Crippen molar-refractivity contribution in [2.75, 3.05) is 5.32 Å². The highest BCUT2D eigenvalue weighted by molar-refractivity contribution is 6.03. The first kappa shape index (κ1) is 17.9. The Bertz CT molecular complexity index is 1080. The Kier molecular flexibility index (Phi) is 4.64. The molecule has 3 aromatic rings. The largest absolute Gasteiger partial charge is 0.320 e. The van der Waals surface area contributed by atoms with Crippen LogP contribution < -0.4 is 10.9 Å². The fourth-order valence-corrected chi connectivity index (χ4v) is 2.97. The third-order valence-corrected chi connectivity index (χ3v) is 4.86. The molecule has 1 amide bonds. The summed E-state index contributed by atoms with van der Waals surface area (Å²) >= 11 is 0. The summed E-state index contributed by atoms with van der Waals surface area (Å²) in [6, 6.07) is 9.53. The number of carbonyl (C=O) groups excluding carboxylic acids is 1. The molecule has 26 heavy (non-hydrogen) atoms. The van der Waals surface area contributed by atoms with Crippen LogP contribution in [0.3, 0.4) is 0 Å². The first-order valence-corrected chi connectivity index (χ1v) is 8.72. The molecule has 0 spiro atoms. The molecule has 1 aromatic heterocycles. The molecule has 0 aliphatic carbocycles. The van der Waals surface area contributed by atoms with Gasteiger partial charge in [-0.2, -0.15) is 0 Å². The molecule has 5 nitrogen and oxygen atoms in total. The zero-order valence-corrected chi connectivity index (χ0v) is 15.8. The van der Waals surface area contributed by atoms with Gasteiger partial charge in [0.15, 0.2) is 5.69 Å². The third kappa shape index (κ3) is 3.12. The highest BCUT2D eigenvalue weighted by Crippen LogP contribution is 2.18. The van der Waals surface area contributed by atoms with E-state index < -0.39 is 5.91 Å². The predicted molar refractivity (Wildman–Crippen MR) is 105 cm³/mol. The van der Waals surface area contributed by atoms with Gasteiger partial charge >= 0.3 is 0 Å². The van der Waals surface area contributed by atoms with Crippen molar-refractivity contribution in [1.82, 2.24) is 9.55 Å². The molecule has 0 aliphatic rings. The zero-order chi connectivity index (χ0) is 19.0. The fourth-order valence-electron chi connectivity index (χ4n) is 2.97. The molecule has 0 radical (unpaired) electrons. The summed E-state index contributed by atoms with van der Waals surface area (Å²) in [6.07, 6.45) is 0. The van der Waals surface area contributed by atoms with E-state index >= 15 is 0 Å². The first-order chi connectivity index (χ1) is 12.3. The number of nitrogens with one attached hydrogen (secondary N) is 1. The Morgan fingerprint density at radius 3 is 2.31 bits per heavy atom. The highest BCUT2D eigenvalue weighted by Gasteiger charge is 2.18. The van der Waals surface area contributed by atoms with E-state index in [4.69, 9.17) is 0 Å². The van der Waals surface area contributed by atoms with E-state index in [-0.39, 0.29) is 11.3 Å². The first-order valence-electron chi connectivity index (χ1n) is 8.72. The number of amides is 1. The van der Waals surface area contributed by atoms with Gasteiger partial charge in [-0.1, -0.05) is 6.07 Å². The number of anilines is 1. The molecular weight excluding hydrogens is 326 g/mol. The van der Waals surface area contributed by atoms with Crippen molar-refractivity contribution in [3.8, 4) is 0 Å². The van der Waals surface area contributed by atoms with E-state index in [1.54, 1.807) is 4.57 Å². The van der Waals surface area contributed by atoms with Gasteiger partial charge in [0.05, 0.1) is 11.0 Å². The van der Waals surface area contributed by atoms with Crippen LogP contribution in [0, 0.1) is 27.7 Å². The maximum atomic E-state index is 12.8. The van der Waals surface area contributed by atoms with Gasteiger partial charge in [0.2, 0.25) is 0 Å². The standard InChI is InChI=1S/C21H23N3O2/c1-6-24-18-11-15(5)14(4)10-17(18)23-19(21(24)26)20(25)22-16-8-7-12(2)13(3)9-16/h7-11H,6H2,1-5H3,(H,22,25). The van der Waals surface area contributed by atoms with Crippen molar-refractivity contribution in [2.45, 2.75) is 41.2 Å². The topological polar surface area (TPSA) is 64.0 Å². The van der Waals surface area contributed by atoms with Gasteiger partial charge in [0.1, 0.15) is 0 Å². The molecule has 3 rings (SSSR count). The maximum Gasteiger partial charge on any atom is 0.282 e. The summed E-state index contributed by atoms with van der Waals surface area (Å²) < 4.78 is 1.60. The SMILES string of the molecule is CCn1c(=O)c(C(=O)Nc2ccc(C)c(C)c2)nc2cc(C)c(C)cc21. The molecule has 5 heteroatoms. The summed E-state index contributed by atoms with van der Waals surface area (Å²) in [5.74, 6) is -0.486. The number of hydrogen-bond acceptors (Lipinski definition) is 3. The van der Waals surface area contributed by atoms with Gasteiger partial charge < -0.3 is 9.88 Å². The molecule has 1 N–H and O–H groups in total. The Morgan fingerprint density at radius 2 is 1.65 bits per heavy atom. The molecule has 0 fully saturated rings. The fraction of sp³-hybridized carbons (Fsp3) is 0.286. The number of hydrogen-bond donors (Lipinski definition) is 1. The average Bonchev–Trinajstić information content (AvgIpc) is 2.59. The average molecular weight is 349 g/mol. The van der Waals surface area contributed by atoms with Crippen molar-refractivity contribution >= 4 is 22.6 Å². The molecule has 0 bridgehead atoms. The maximum absolute atomic E-state index is 12.8. The van der Waals surface area contributed by atoms with E-state index in [2.05, 4.69) is 10.3 Å². The third-order valence-electron chi connectivity index (χ3n) is 4.86. The van der Waals surface area contributed by atoms with Crippen molar-refractivity contribution in [3.63, 3.8) is 0 Å². The second-order valence-corrected chi connectivity index (χ2v) is 6.69. The van der Waals surface area contributed by atoms with Gasteiger partial charge in [-0.25, -0.2) is 4.98 Å². The number of aromatic nitrogens is 2. The van der Waals surface area contributed by atoms with Crippen molar-refractivity contribution in [3.05, 3.63) is 68.6 Å². The van der Waals surface area contributed by atoms with Crippen molar-refractivity contribution in [2.24, 2.45) is 0 Å². The van der Waals surface area contributed by atoms with E-state index in [1.165, 1.54) is 0 Å². The van der Waals surface area contributed by atoms with Crippen LogP contribution in [-0.4, -0.2) is 15.5 Å². The normalized spacial score (nSPS) is 11.0. The van der Waals surface area contributed by atoms with E-state index in [9.17, 15) is 9.59 Å². The van der Waals surface area contributed by atoms with Crippen molar-refractivity contribution in [1.29, 1.82) is 0 Å². The van der Waals surface area contributed by atoms with E-state index in [0.717, 1.165) is 27.8 Å². The summed E-state index contributed by atoms with van der Waals surface area (Å²) in [5, 5.41) is 2.79.